The Morgan fingerprint density at radius 2 is 1.57 bits per heavy atom. The van der Waals surface area contributed by atoms with Gasteiger partial charge in [0, 0.05) is 23.3 Å². The van der Waals surface area contributed by atoms with Crippen LogP contribution in [0.2, 0.25) is 0 Å². The first kappa shape index (κ1) is 34.3. The van der Waals surface area contributed by atoms with Crippen LogP contribution in [0, 0.1) is 5.41 Å². The summed E-state index contributed by atoms with van der Waals surface area (Å²) in [6.07, 6.45) is 1.63. The van der Waals surface area contributed by atoms with E-state index in [1.807, 2.05) is 44.2 Å². The maximum atomic E-state index is 13.0. The molecule has 10 heteroatoms. The molecule has 0 bridgehead atoms. The van der Waals surface area contributed by atoms with Crippen molar-refractivity contribution < 1.29 is 38.2 Å². The molecule has 0 spiro atoms. The largest absolute Gasteiger partial charge is 0.464 e. The Morgan fingerprint density at radius 1 is 0.905 bits per heavy atom. The van der Waals surface area contributed by atoms with Gasteiger partial charge in [0.05, 0.1) is 6.61 Å². The van der Waals surface area contributed by atoms with Gasteiger partial charge in [0.2, 0.25) is 0 Å². The molecule has 0 aromatic heterocycles. The van der Waals surface area contributed by atoms with E-state index in [2.05, 4.69) is 10.6 Å². The van der Waals surface area contributed by atoms with Crippen LogP contribution in [0.3, 0.4) is 0 Å². The van der Waals surface area contributed by atoms with Crippen LogP contribution in [0.4, 0.5) is 9.59 Å². The number of rotatable bonds is 13. The Hall–Kier alpha value is -3.95. The lowest BCUT2D eigenvalue weighted by Gasteiger charge is -2.30. The topological polar surface area (TPSA) is 137 Å². The number of carbonyl (C=O) groups excluding carboxylic acids is 5. The van der Waals surface area contributed by atoms with Gasteiger partial charge < -0.3 is 24.8 Å². The van der Waals surface area contributed by atoms with E-state index < -0.39 is 35.2 Å². The standard InChI is InChI=1S/C32H44N2O8/c1-21-19-25(35)26(22(2)27(21)36)32(6,7)16-18-40-28(37)24(34-30(39)42-31(3,4)5)15-11-12-17-33-29(38)41-20-23-13-9-8-10-14-23/h8-10,13-14,19,24H,11-12,15-18,20H2,1-7H3,(H,33,38)(H,34,39)/t24-/m0/s1. The minimum absolute atomic E-state index is 0.0198. The number of esters is 1. The normalized spacial score (nSPS) is 14.6. The van der Waals surface area contributed by atoms with Gasteiger partial charge in [-0.25, -0.2) is 14.4 Å². The summed E-state index contributed by atoms with van der Waals surface area (Å²) in [6, 6.07) is 8.35. The van der Waals surface area contributed by atoms with Crippen molar-refractivity contribution in [2.75, 3.05) is 13.2 Å². The Morgan fingerprint density at radius 3 is 2.21 bits per heavy atom. The second-order valence-electron chi connectivity index (χ2n) is 12.0. The monoisotopic (exact) mass is 584 g/mol. The number of hydrogen-bond acceptors (Lipinski definition) is 8. The van der Waals surface area contributed by atoms with E-state index in [0.29, 0.717) is 42.5 Å². The zero-order valence-electron chi connectivity index (χ0n) is 25.8. The molecule has 10 nitrogen and oxygen atoms in total. The number of ether oxygens (including phenoxy) is 3. The predicted octanol–water partition coefficient (Wildman–Crippen LogP) is 5.35. The number of allylic oxidation sites excluding steroid dienone is 4. The third kappa shape index (κ3) is 11.1. The molecule has 2 N–H and O–H groups in total. The lowest BCUT2D eigenvalue weighted by atomic mass is 9.73. The molecule has 1 aromatic rings. The SMILES string of the molecule is CC1=CC(=O)C(C(C)(C)CCOC(=O)[C@H](CCCCNC(=O)OCc2ccccc2)NC(=O)OC(C)(C)C)=C(C)C1=O. The maximum absolute atomic E-state index is 13.0. The van der Waals surface area contributed by atoms with Crippen LogP contribution >= 0.6 is 0 Å². The number of ketones is 2. The molecule has 0 saturated carbocycles. The molecule has 1 aliphatic rings. The Kier molecular flexibility index (Phi) is 12.5. The highest BCUT2D eigenvalue weighted by atomic mass is 16.6. The summed E-state index contributed by atoms with van der Waals surface area (Å²) >= 11 is 0. The van der Waals surface area contributed by atoms with Crippen molar-refractivity contribution in [3.8, 4) is 0 Å². The van der Waals surface area contributed by atoms with Gasteiger partial charge in [-0.05, 0) is 77.4 Å². The third-order valence-electron chi connectivity index (χ3n) is 6.69. The lowest BCUT2D eigenvalue weighted by Crippen LogP contribution is -2.44. The number of unbranched alkanes of at least 4 members (excludes halogenated alkanes) is 1. The van der Waals surface area contributed by atoms with Gasteiger partial charge in [-0.3, -0.25) is 9.59 Å². The number of amides is 2. The van der Waals surface area contributed by atoms with E-state index in [1.165, 1.54) is 6.08 Å². The van der Waals surface area contributed by atoms with E-state index in [0.717, 1.165) is 5.56 Å². The predicted molar refractivity (Wildman–Crippen MR) is 157 cm³/mol. The molecule has 1 aromatic carbocycles. The van der Waals surface area contributed by atoms with Crippen molar-refractivity contribution in [2.24, 2.45) is 5.41 Å². The number of Topliss-reactive ketones (excluding diaryl/α,β-unsaturated/α-hetero) is 1. The van der Waals surface area contributed by atoms with Gasteiger partial charge in [0.25, 0.3) is 0 Å². The van der Waals surface area contributed by atoms with Crippen molar-refractivity contribution in [3.05, 3.63) is 58.7 Å². The fourth-order valence-electron chi connectivity index (χ4n) is 4.54. The van der Waals surface area contributed by atoms with Crippen molar-refractivity contribution in [3.63, 3.8) is 0 Å². The number of nitrogens with one attached hydrogen (secondary N) is 2. The number of hydrogen-bond donors (Lipinski definition) is 2. The van der Waals surface area contributed by atoms with Gasteiger partial charge in [-0.2, -0.15) is 0 Å². The fourth-order valence-corrected chi connectivity index (χ4v) is 4.54. The molecule has 2 rings (SSSR count). The molecule has 230 valence electrons. The number of benzene rings is 1. The molecule has 1 atom stereocenters. The van der Waals surface area contributed by atoms with Crippen molar-refractivity contribution >= 4 is 29.7 Å². The molecule has 0 aliphatic heterocycles. The second-order valence-corrected chi connectivity index (χ2v) is 12.0. The molecule has 0 radical (unpaired) electrons. The Balaban J connectivity index is 1.89. The molecule has 0 fully saturated rings. The summed E-state index contributed by atoms with van der Waals surface area (Å²) in [7, 11) is 0. The van der Waals surface area contributed by atoms with Crippen molar-refractivity contribution in [1.29, 1.82) is 0 Å². The van der Waals surface area contributed by atoms with Crippen molar-refractivity contribution in [1.82, 2.24) is 10.6 Å². The summed E-state index contributed by atoms with van der Waals surface area (Å²) in [4.78, 5) is 62.5. The van der Waals surface area contributed by atoms with Crippen LogP contribution in [0.1, 0.15) is 79.7 Å². The summed E-state index contributed by atoms with van der Waals surface area (Å²) in [5.74, 6) is -1.03. The molecule has 0 saturated heterocycles. The first-order valence-corrected chi connectivity index (χ1v) is 14.2. The molecule has 0 unspecified atom stereocenters. The lowest BCUT2D eigenvalue weighted by molar-refractivity contribution is -0.147. The minimum atomic E-state index is -0.975. The van der Waals surface area contributed by atoms with Gasteiger partial charge in [0.15, 0.2) is 11.6 Å². The number of carbonyl (C=O) groups is 5. The van der Waals surface area contributed by atoms with Crippen LogP contribution in [0.15, 0.2) is 53.1 Å². The van der Waals surface area contributed by atoms with E-state index in [9.17, 15) is 24.0 Å². The molecule has 0 heterocycles. The van der Waals surface area contributed by atoms with Crippen LogP contribution in [0.5, 0.6) is 0 Å². The van der Waals surface area contributed by atoms with Crippen LogP contribution in [-0.4, -0.2) is 54.5 Å². The van der Waals surface area contributed by atoms with Crippen molar-refractivity contribution in [2.45, 2.75) is 92.4 Å². The van der Waals surface area contributed by atoms with Gasteiger partial charge in [-0.1, -0.05) is 44.2 Å². The number of alkyl carbamates (subject to hydrolysis) is 2. The Bertz CT molecular complexity index is 1210. The van der Waals surface area contributed by atoms with Crippen LogP contribution in [0.25, 0.3) is 0 Å². The van der Waals surface area contributed by atoms with E-state index in [-0.39, 0.29) is 31.2 Å². The van der Waals surface area contributed by atoms with Gasteiger partial charge in [0.1, 0.15) is 18.2 Å². The minimum Gasteiger partial charge on any atom is -0.464 e. The smallest absolute Gasteiger partial charge is 0.408 e. The maximum Gasteiger partial charge on any atom is 0.408 e. The summed E-state index contributed by atoms with van der Waals surface area (Å²) in [5.41, 5.74) is 0.616. The summed E-state index contributed by atoms with van der Waals surface area (Å²) < 4.78 is 16.0. The molecule has 42 heavy (non-hydrogen) atoms. The van der Waals surface area contributed by atoms with Gasteiger partial charge >= 0.3 is 18.2 Å². The first-order chi connectivity index (χ1) is 19.6. The molecule has 2 amide bonds. The highest BCUT2D eigenvalue weighted by Crippen LogP contribution is 2.36. The van der Waals surface area contributed by atoms with Crippen LogP contribution < -0.4 is 10.6 Å². The van der Waals surface area contributed by atoms with Gasteiger partial charge in [-0.15, -0.1) is 0 Å². The average molecular weight is 585 g/mol. The van der Waals surface area contributed by atoms with E-state index >= 15 is 0 Å². The zero-order chi connectivity index (χ0) is 31.5. The highest BCUT2D eigenvalue weighted by Gasteiger charge is 2.35. The quantitative estimate of drug-likeness (QED) is 0.137. The molecule has 1 aliphatic carbocycles. The van der Waals surface area contributed by atoms with E-state index in [1.54, 1.807) is 34.6 Å². The highest BCUT2D eigenvalue weighted by molar-refractivity contribution is 6.22. The fraction of sp³-hybridized carbons (Fsp3) is 0.531. The first-order valence-electron chi connectivity index (χ1n) is 14.2. The summed E-state index contributed by atoms with van der Waals surface area (Å²) in [6.45, 7) is 12.5. The zero-order valence-corrected chi connectivity index (χ0v) is 25.8. The van der Waals surface area contributed by atoms with Crippen LogP contribution in [-0.2, 0) is 35.2 Å². The Labute approximate surface area is 248 Å². The average Bonchev–Trinajstić information content (AvgIpc) is 2.89. The third-order valence-corrected chi connectivity index (χ3v) is 6.69. The molecular weight excluding hydrogens is 540 g/mol. The second kappa shape index (κ2) is 15.3. The molecular formula is C32H44N2O8. The summed E-state index contributed by atoms with van der Waals surface area (Å²) in [5, 5.41) is 5.26. The van der Waals surface area contributed by atoms with E-state index in [4.69, 9.17) is 14.2 Å².